The molecule has 0 saturated heterocycles. The predicted molar refractivity (Wildman–Crippen MR) is 116 cm³/mol. The van der Waals surface area contributed by atoms with E-state index >= 15 is 0 Å². The van der Waals surface area contributed by atoms with Gasteiger partial charge in [0, 0.05) is 18.6 Å². The maximum Gasteiger partial charge on any atom is 0.225 e. The summed E-state index contributed by atoms with van der Waals surface area (Å²) in [5.74, 6) is 1.33. The third kappa shape index (κ3) is 7.70. The van der Waals surface area contributed by atoms with Crippen LogP contribution in [0.25, 0.3) is 11.5 Å². The van der Waals surface area contributed by atoms with Gasteiger partial charge in [0.05, 0.1) is 11.3 Å². The fourth-order valence-electron chi connectivity index (χ4n) is 2.75. The molecule has 1 heterocycles. The monoisotopic (exact) mass is 391 g/mol. The van der Waals surface area contributed by atoms with E-state index in [1.165, 1.54) is 17.6 Å². The summed E-state index contributed by atoms with van der Waals surface area (Å²) in [7, 11) is 5.66. The van der Waals surface area contributed by atoms with Gasteiger partial charge >= 0.3 is 0 Å². The SMILES string of the molecule is CC(C)=CCC[C@H](C)CCOC(P)(P)Cc1ccc(-c2ncco2)cc1. The highest BCUT2D eigenvalue weighted by molar-refractivity contribution is 7.39. The highest BCUT2D eigenvalue weighted by Gasteiger charge is 2.20. The van der Waals surface area contributed by atoms with E-state index < -0.39 is 0 Å². The van der Waals surface area contributed by atoms with Crippen LogP contribution < -0.4 is 0 Å². The summed E-state index contributed by atoms with van der Waals surface area (Å²) in [6, 6.07) is 8.29. The normalized spacial score (nSPS) is 12.8. The zero-order valence-corrected chi connectivity index (χ0v) is 18.4. The Kier molecular flexibility index (Phi) is 8.48. The van der Waals surface area contributed by atoms with Crippen LogP contribution in [0, 0.1) is 5.92 Å². The lowest BCUT2D eigenvalue weighted by molar-refractivity contribution is 0.0775. The van der Waals surface area contributed by atoms with Crippen LogP contribution in [0.4, 0.5) is 0 Å². The van der Waals surface area contributed by atoms with Crippen LogP contribution in [0.5, 0.6) is 0 Å². The van der Waals surface area contributed by atoms with Crippen LogP contribution in [-0.2, 0) is 11.2 Å². The maximum absolute atomic E-state index is 6.11. The molecule has 1 aromatic heterocycles. The van der Waals surface area contributed by atoms with Gasteiger partial charge in [-0.2, -0.15) is 0 Å². The Morgan fingerprint density at radius 2 is 1.96 bits per heavy atom. The molecule has 0 aliphatic carbocycles. The Bertz CT molecular complexity index is 675. The number of rotatable bonds is 10. The van der Waals surface area contributed by atoms with Gasteiger partial charge in [0.15, 0.2) is 0 Å². The summed E-state index contributed by atoms with van der Waals surface area (Å²) in [6.45, 7) is 7.39. The zero-order chi connectivity index (χ0) is 19.0. The molecule has 2 rings (SSSR count). The Hall–Kier alpha value is -1.01. The molecule has 0 bridgehead atoms. The first kappa shape index (κ1) is 21.3. The Morgan fingerprint density at radius 1 is 1.23 bits per heavy atom. The molecule has 142 valence electrons. The summed E-state index contributed by atoms with van der Waals surface area (Å²) in [6.07, 6.45) is 9.85. The number of nitrogens with zero attached hydrogens (tertiary/aromatic N) is 1. The largest absolute Gasteiger partial charge is 0.445 e. The highest BCUT2D eigenvalue weighted by Crippen LogP contribution is 2.33. The highest BCUT2D eigenvalue weighted by atomic mass is 31.1. The van der Waals surface area contributed by atoms with Gasteiger partial charge in [-0.3, -0.25) is 0 Å². The van der Waals surface area contributed by atoms with E-state index in [1.807, 2.05) is 12.1 Å². The topological polar surface area (TPSA) is 35.3 Å². The molecule has 3 nitrogen and oxygen atoms in total. The van der Waals surface area contributed by atoms with Gasteiger partial charge in [-0.25, -0.2) is 4.98 Å². The summed E-state index contributed by atoms with van der Waals surface area (Å²) in [5.41, 5.74) is 3.61. The van der Waals surface area contributed by atoms with Gasteiger partial charge in [0.1, 0.15) is 6.26 Å². The smallest absolute Gasteiger partial charge is 0.225 e. The minimum Gasteiger partial charge on any atom is -0.445 e. The van der Waals surface area contributed by atoms with E-state index in [1.54, 1.807) is 12.5 Å². The molecule has 0 amide bonds. The third-order valence-electron chi connectivity index (χ3n) is 4.31. The van der Waals surface area contributed by atoms with Crippen LogP contribution in [-0.4, -0.2) is 16.7 Å². The van der Waals surface area contributed by atoms with Crippen LogP contribution in [0.15, 0.2) is 52.8 Å². The van der Waals surface area contributed by atoms with E-state index in [4.69, 9.17) is 9.15 Å². The lowest BCUT2D eigenvalue weighted by atomic mass is 10.0. The minimum absolute atomic E-state index is 0.329. The van der Waals surface area contributed by atoms with Gasteiger partial charge in [0.25, 0.3) is 0 Å². The van der Waals surface area contributed by atoms with E-state index in [0.29, 0.717) is 11.8 Å². The fraction of sp³-hybridized carbons (Fsp3) is 0.476. The van der Waals surface area contributed by atoms with Crippen molar-refractivity contribution in [1.82, 2.24) is 4.98 Å². The summed E-state index contributed by atoms with van der Waals surface area (Å²) < 4.78 is 11.4. The number of hydrogen-bond donors (Lipinski definition) is 0. The van der Waals surface area contributed by atoms with Crippen LogP contribution in [0.3, 0.4) is 0 Å². The molecule has 2 aromatic rings. The van der Waals surface area contributed by atoms with Crippen molar-refractivity contribution in [2.24, 2.45) is 5.92 Å². The van der Waals surface area contributed by atoms with Gasteiger partial charge in [-0.15, -0.1) is 0 Å². The number of ether oxygens (including phenoxy) is 1. The van der Waals surface area contributed by atoms with Crippen LogP contribution in [0.2, 0.25) is 0 Å². The first-order valence-electron chi connectivity index (χ1n) is 9.19. The number of benzene rings is 1. The van der Waals surface area contributed by atoms with Crippen molar-refractivity contribution in [3.8, 4) is 11.5 Å². The van der Waals surface area contributed by atoms with E-state index in [-0.39, 0.29) is 5.08 Å². The first-order valence-corrected chi connectivity index (χ1v) is 10.3. The molecule has 1 aromatic carbocycles. The van der Waals surface area contributed by atoms with Crippen molar-refractivity contribution in [2.75, 3.05) is 6.61 Å². The van der Waals surface area contributed by atoms with Crippen LogP contribution in [0.1, 0.15) is 45.6 Å². The average Bonchev–Trinajstić information content (AvgIpc) is 3.09. The maximum atomic E-state index is 6.11. The number of allylic oxidation sites excluding steroid dienone is 2. The van der Waals surface area contributed by atoms with E-state index in [9.17, 15) is 0 Å². The molecule has 3 atom stereocenters. The molecule has 2 unspecified atom stereocenters. The summed E-state index contributed by atoms with van der Waals surface area (Å²) in [4.78, 5) is 4.18. The van der Waals surface area contributed by atoms with Crippen molar-refractivity contribution in [3.05, 3.63) is 53.9 Å². The first-order chi connectivity index (χ1) is 12.4. The van der Waals surface area contributed by atoms with E-state index in [2.05, 4.69) is 62.4 Å². The Morgan fingerprint density at radius 3 is 2.58 bits per heavy atom. The van der Waals surface area contributed by atoms with Gasteiger partial charge in [-0.1, -0.05) is 49.2 Å². The average molecular weight is 391 g/mol. The lowest BCUT2D eigenvalue weighted by Gasteiger charge is -2.26. The number of oxazole rings is 1. The second-order valence-electron chi connectivity index (χ2n) is 7.27. The van der Waals surface area contributed by atoms with E-state index in [0.717, 1.165) is 31.4 Å². The Balaban J connectivity index is 1.76. The quantitative estimate of drug-likeness (QED) is 0.364. The molecule has 5 heteroatoms. The fourth-order valence-corrected chi connectivity index (χ4v) is 3.46. The third-order valence-corrected chi connectivity index (χ3v) is 5.05. The summed E-state index contributed by atoms with van der Waals surface area (Å²) >= 11 is 0. The van der Waals surface area contributed by atoms with Gasteiger partial charge in [0.2, 0.25) is 5.89 Å². The molecule has 26 heavy (non-hydrogen) atoms. The number of hydrogen-bond acceptors (Lipinski definition) is 3. The standard InChI is InChI=1S/C21H31NO2P2/c1-16(2)5-4-6-17(3)11-13-24-21(25,26)15-18-7-9-19(10-8-18)20-22-12-14-23-20/h5,7-10,12,14,17H,4,6,11,13,15,25-26H2,1-3H3/t17-/m0/s1. The minimum atomic E-state index is -0.329. The Labute approximate surface area is 162 Å². The number of aromatic nitrogens is 1. The van der Waals surface area contributed by atoms with Crippen molar-refractivity contribution in [2.45, 2.75) is 51.5 Å². The molecule has 0 spiro atoms. The molecule has 0 aliphatic rings. The molecule has 0 N–H and O–H groups in total. The predicted octanol–water partition coefficient (Wildman–Crippen LogP) is 6.08. The van der Waals surface area contributed by atoms with Crippen LogP contribution >= 0.6 is 18.5 Å². The molecule has 0 fully saturated rings. The van der Waals surface area contributed by atoms with Crippen molar-refractivity contribution in [3.63, 3.8) is 0 Å². The zero-order valence-electron chi connectivity index (χ0n) is 16.1. The van der Waals surface area contributed by atoms with Crippen molar-refractivity contribution in [1.29, 1.82) is 0 Å². The van der Waals surface area contributed by atoms with Crippen molar-refractivity contribution < 1.29 is 9.15 Å². The van der Waals surface area contributed by atoms with Gasteiger partial charge in [-0.05, 0) is 56.7 Å². The second-order valence-corrected chi connectivity index (χ2v) is 9.89. The molecule has 0 radical (unpaired) electrons. The van der Waals surface area contributed by atoms with Crippen molar-refractivity contribution >= 4 is 18.5 Å². The second kappa shape index (κ2) is 10.4. The molecular formula is C21H31NO2P2. The van der Waals surface area contributed by atoms with Gasteiger partial charge < -0.3 is 9.15 Å². The lowest BCUT2D eigenvalue weighted by Crippen LogP contribution is -2.21. The molecular weight excluding hydrogens is 360 g/mol. The molecule has 0 saturated carbocycles. The summed E-state index contributed by atoms with van der Waals surface area (Å²) in [5, 5.41) is -0.329. The molecule has 0 aliphatic heterocycles.